The minimum absolute atomic E-state index is 0.00141. The van der Waals surface area contributed by atoms with Gasteiger partial charge in [0.15, 0.2) is 5.82 Å². The van der Waals surface area contributed by atoms with Crippen LogP contribution in [-0.4, -0.2) is 54.6 Å². The Morgan fingerprint density at radius 2 is 2.20 bits per heavy atom. The summed E-state index contributed by atoms with van der Waals surface area (Å²) in [6.45, 7) is 0.910. The second-order valence-electron chi connectivity index (χ2n) is 5.84. The number of anilines is 1. The van der Waals surface area contributed by atoms with Gasteiger partial charge in [-0.2, -0.15) is 0 Å². The van der Waals surface area contributed by atoms with Crippen LogP contribution in [0.3, 0.4) is 0 Å². The molecule has 1 fully saturated rings. The molecular weight excluding hydrogens is 327 g/mol. The number of pyridine rings is 1. The first kappa shape index (κ1) is 15.3. The fourth-order valence-electron chi connectivity index (χ4n) is 2.94. The highest BCUT2D eigenvalue weighted by molar-refractivity contribution is 5.65. The lowest BCUT2D eigenvalue weighted by Gasteiger charge is -2.14. The number of carboxylic acid groups (broad SMARTS) is 1. The van der Waals surface area contributed by atoms with Gasteiger partial charge in [-0.1, -0.05) is 0 Å². The summed E-state index contributed by atoms with van der Waals surface area (Å²) in [4.78, 5) is 25.3. The van der Waals surface area contributed by atoms with Gasteiger partial charge < -0.3 is 15.3 Å². The number of rotatable bonds is 3. The molecule has 0 saturated carbocycles. The van der Waals surface area contributed by atoms with Gasteiger partial charge in [-0.05, 0) is 24.6 Å². The molecule has 2 N–H and O–H groups in total. The van der Waals surface area contributed by atoms with Crippen molar-refractivity contribution in [2.45, 2.75) is 12.5 Å². The number of carbonyl (C=O) groups is 1. The predicted molar refractivity (Wildman–Crippen MR) is 87.8 cm³/mol. The zero-order chi connectivity index (χ0) is 17.4. The summed E-state index contributed by atoms with van der Waals surface area (Å²) in [5.74, 6) is 0.630. The second kappa shape index (κ2) is 6.00. The third-order valence-electron chi connectivity index (χ3n) is 4.16. The van der Waals surface area contributed by atoms with E-state index in [1.165, 1.54) is 17.2 Å². The van der Waals surface area contributed by atoms with Gasteiger partial charge in [0.25, 0.3) is 0 Å². The quantitative estimate of drug-likeness (QED) is 0.757. The summed E-state index contributed by atoms with van der Waals surface area (Å²) in [5.41, 5.74) is 1.18. The summed E-state index contributed by atoms with van der Waals surface area (Å²) >= 11 is 0. The van der Waals surface area contributed by atoms with Crippen molar-refractivity contribution >= 4 is 17.6 Å². The van der Waals surface area contributed by atoms with Crippen LogP contribution in [0.1, 0.15) is 6.42 Å². The minimum atomic E-state index is -0.916. The number of imidazole rings is 1. The molecule has 4 heterocycles. The molecule has 0 aromatic carbocycles. The molecule has 0 spiro atoms. The Labute approximate surface area is 142 Å². The molecule has 1 saturated heterocycles. The molecule has 0 bridgehead atoms. The number of hydrogen-bond acceptors (Lipinski definition) is 5. The van der Waals surface area contributed by atoms with Crippen LogP contribution < -0.4 is 5.32 Å². The van der Waals surface area contributed by atoms with Gasteiger partial charge in [-0.15, -0.1) is 0 Å². The maximum atomic E-state index is 13.5. The van der Waals surface area contributed by atoms with E-state index in [-0.39, 0.29) is 11.9 Å². The predicted octanol–water partition coefficient (Wildman–Crippen LogP) is 2.09. The molecule has 3 aromatic rings. The number of aromatic nitrogens is 4. The second-order valence-corrected chi connectivity index (χ2v) is 5.84. The molecule has 25 heavy (non-hydrogen) atoms. The molecule has 1 aliphatic heterocycles. The number of amides is 1. The largest absolute Gasteiger partial charge is 0.465 e. The monoisotopic (exact) mass is 342 g/mol. The van der Waals surface area contributed by atoms with Gasteiger partial charge in [-0.3, -0.25) is 4.40 Å². The number of nitrogens with one attached hydrogen (secondary N) is 1. The molecule has 1 amide bonds. The van der Waals surface area contributed by atoms with Gasteiger partial charge in [0.2, 0.25) is 0 Å². The third-order valence-corrected chi connectivity index (χ3v) is 4.16. The van der Waals surface area contributed by atoms with E-state index in [9.17, 15) is 9.18 Å². The number of hydrogen-bond donors (Lipinski definition) is 2. The fourth-order valence-corrected chi connectivity index (χ4v) is 2.94. The maximum Gasteiger partial charge on any atom is 0.407 e. The number of halogens is 1. The number of nitrogens with zero attached hydrogens (tertiary/aromatic N) is 5. The lowest BCUT2D eigenvalue weighted by Crippen LogP contribution is -2.30. The Balaban J connectivity index is 1.59. The molecule has 3 aromatic heterocycles. The topological polar surface area (TPSA) is 95.7 Å². The molecule has 9 heteroatoms. The van der Waals surface area contributed by atoms with Crippen molar-refractivity contribution in [3.8, 4) is 11.5 Å². The van der Waals surface area contributed by atoms with Gasteiger partial charge in [-0.25, -0.2) is 24.1 Å². The van der Waals surface area contributed by atoms with E-state index in [1.807, 2.05) is 0 Å². The van der Waals surface area contributed by atoms with E-state index in [4.69, 9.17) is 5.11 Å². The molecule has 4 rings (SSSR count). The lowest BCUT2D eigenvalue weighted by molar-refractivity contribution is 0.155. The minimum Gasteiger partial charge on any atom is -0.465 e. The number of fused-ring (bicyclic) bond motifs is 1. The first-order valence-corrected chi connectivity index (χ1v) is 7.80. The molecule has 0 aliphatic carbocycles. The van der Waals surface area contributed by atoms with Gasteiger partial charge in [0.05, 0.1) is 6.20 Å². The van der Waals surface area contributed by atoms with Gasteiger partial charge >= 0.3 is 6.09 Å². The zero-order valence-corrected chi connectivity index (χ0v) is 13.1. The van der Waals surface area contributed by atoms with Crippen LogP contribution in [-0.2, 0) is 0 Å². The Morgan fingerprint density at radius 1 is 1.32 bits per heavy atom. The van der Waals surface area contributed by atoms with Gasteiger partial charge in [0.1, 0.15) is 23.0 Å². The highest BCUT2D eigenvalue weighted by Gasteiger charge is 2.26. The van der Waals surface area contributed by atoms with Crippen molar-refractivity contribution in [3.05, 3.63) is 42.6 Å². The van der Waals surface area contributed by atoms with Crippen molar-refractivity contribution in [2.24, 2.45) is 0 Å². The van der Waals surface area contributed by atoms with Crippen LogP contribution in [0.25, 0.3) is 17.2 Å². The van der Waals surface area contributed by atoms with E-state index in [0.29, 0.717) is 42.5 Å². The molecule has 1 unspecified atom stereocenters. The normalized spacial score (nSPS) is 17.2. The van der Waals surface area contributed by atoms with Gasteiger partial charge in [0, 0.05) is 31.5 Å². The van der Waals surface area contributed by atoms with E-state index < -0.39 is 6.09 Å². The summed E-state index contributed by atoms with van der Waals surface area (Å²) in [6.07, 6.45) is 4.33. The van der Waals surface area contributed by atoms with Crippen molar-refractivity contribution < 1.29 is 14.3 Å². The van der Waals surface area contributed by atoms with Crippen molar-refractivity contribution in [3.63, 3.8) is 0 Å². The Hall–Kier alpha value is -3.23. The van der Waals surface area contributed by atoms with E-state index >= 15 is 0 Å². The Bertz CT molecular complexity index is 943. The van der Waals surface area contributed by atoms with Crippen molar-refractivity contribution in [2.75, 3.05) is 18.4 Å². The number of likely N-dealkylation sites (tertiary alicyclic amines) is 1. The fraction of sp³-hybridized carbons (Fsp3) is 0.250. The zero-order valence-electron chi connectivity index (χ0n) is 13.1. The standard InChI is InChI=1S/C16H15FN6O2/c17-10-1-2-14-19-7-12(23(14)8-10)15-18-5-3-13(21-15)20-11-4-6-22(9-11)16(24)25/h1-3,5,7-8,11H,4,6,9H2,(H,24,25)(H,18,20,21). The van der Waals surface area contributed by atoms with Crippen LogP contribution >= 0.6 is 0 Å². The summed E-state index contributed by atoms with van der Waals surface area (Å²) in [5, 5.41) is 12.2. The summed E-state index contributed by atoms with van der Waals surface area (Å²) in [6, 6.07) is 4.65. The molecule has 8 nitrogen and oxygen atoms in total. The Kier molecular flexibility index (Phi) is 3.68. The van der Waals surface area contributed by atoms with E-state index in [0.717, 1.165) is 0 Å². The molecular formula is C16H15FN6O2. The average molecular weight is 342 g/mol. The van der Waals surface area contributed by atoms with Crippen LogP contribution in [0.15, 0.2) is 36.8 Å². The van der Waals surface area contributed by atoms with Crippen molar-refractivity contribution in [1.29, 1.82) is 0 Å². The molecule has 1 atom stereocenters. The van der Waals surface area contributed by atoms with E-state index in [1.54, 1.807) is 28.9 Å². The Morgan fingerprint density at radius 3 is 3.00 bits per heavy atom. The van der Waals surface area contributed by atoms with Crippen molar-refractivity contribution in [1.82, 2.24) is 24.3 Å². The van der Waals surface area contributed by atoms with Crippen LogP contribution in [0, 0.1) is 5.82 Å². The first-order chi connectivity index (χ1) is 12.1. The lowest BCUT2D eigenvalue weighted by atomic mass is 10.2. The average Bonchev–Trinajstić information content (AvgIpc) is 3.21. The summed E-state index contributed by atoms with van der Waals surface area (Å²) < 4.78 is 15.1. The molecule has 0 radical (unpaired) electrons. The molecule has 128 valence electrons. The van der Waals surface area contributed by atoms with E-state index in [2.05, 4.69) is 20.3 Å². The van der Waals surface area contributed by atoms with Crippen LogP contribution in [0.4, 0.5) is 15.0 Å². The third kappa shape index (κ3) is 2.95. The first-order valence-electron chi connectivity index (χ1n) is 7.80. The highest BCUT2D eigenvalue weighted by Crippen LogP contribution is 2.20. The molecule has 1 aliphatic rings. The summed E-state index contributed by atoms with van der Waals surface area (Å²) in [7, 11) is 0. The smallest absolute Gasteiger partial charge is 0.407 e. The SMILES string of the molecule is O=C(O)N1CCC(Nc2ccnc(-c3cnc4ccc(F)cn34)n2)C1. The highest BCUT2D eigenvalue weighted by atomic mass is 19.1. The maximum absolute atomic E-state index is 13.5. The van der Waals surface area contributed by atoms with Crippen LogP contribution in [0.5, 0.6) is 0 Å². The van der Waals surface area contributed by atoms with Crippen LogP contribution in [0.2, 0.25) is 0 Å².